The second kappa shape index (κ2) is 3.85. The normalized spacial score (nSPS) is 16.1. The molecule has 0 aliphatic rings. The average molecular weight is 180 g/mol. The fraction of sp³-hybridized carbons (Fsp3) is 0.800. The predicted molar refractivity (Wildman–Crippen MR) is 42.5 cm³/mol. The van der Waals surface area contributed by atoms with E-state index in [0.717, 1.165) is 0 Å². The zero-order valence-corrected chi connectivity index (χ0v) is 7.72. The molecule has 1 atom stereocenters. The standard InChI is InChI=1S/C5H13N2O3P/c1-4(2)10-11(3,9)5(8)7-6/h4H,6H2,1-3H3,(H,7,8). The van der Waals surface area contributed by atoms with E-state index in [0.29, 0.717) is 0 Å². The molecular formula is C5H13N2O3P. The fourth-order valence-corrected chi connectivity index (χ4v) is 1.70. The van der Waals surface area contributed by atoms with Crippen molar-refractivity contribution >= 4 is 13.0 Å². The number of amides is 1. The van der Waals surface area contributed by atoms with Crippen molar-refractivity contribution in [2.45, 2.75) is 20.0 Å². The minimum absolute atomic E-state index is 0.247. The Morgan fingerprint density at radius 1 is 1.64 bits per heavy atom. The molecule has 66 valence electrons. The van der Waals surface area contributed by atoms with Crippen LogP contribution < -0.4 is 11.3 Å². The molecule has 0 aliphatic carbocycles. The van der Waals surface area contributed by atoms with E-state index in [-0.39, 0.29) is 6.10 Å². The van der Waals surface area contributed by atoms with Crippen molar-refractivity contribution in [3.05, 3.63) is 0 Å². The van der Waals surface area contributed by atoms with Crippen molar-refractivity contribution in [2.24, 2.45) is 5.84 Å². The van der Waals surface area contributed by atoms with E-state index in [1.165, 1.54) is 6.66 Å². The zero-order valence-electron chi connectivity index (χ0n) is 6.83. The van der Waals surface area contributed by atoms with Crippen molar-refractivity contribution in [3.8, 4) is 0 Å². The molecule has 0 aliphatic heterocycles. The van der Waals surface area contributed by atoms with Gasteiger partial charge >= 0.3 is 5.65 Å². The topological polar surface area (TPSA) is 81.4 Å². The number of hydrogen-bond acceptors (Lipinski definition) is 4. The number of hydrazine groups is 1. The average Bonchev–Trinajstić information content (AvgIpc) is 1.83. The van der Waals surface area contributed by atoms with Crippen LogP contribution in [0.2, 0.25) is 0 Å². The predicted octanol–water partition coefficient (Wildman–Crippen LogP) is 0.903. The molecule has 0 radical (unpaired) electrons. The molecule has 0 aromatic rings. The number of rotatable bonds is 3. The van der Waals surface area contributed by atoms with Gasteiger partial charge in [-0.3, -0.25) is 14.8 Å². The van der Waals surface area contributed by atoms with Gasteiger partial charge in [0, 0.05) is 6.66 Å². The lowest BCUT2D eigenvalue weighted by Crippen LogP contribution is -2.29. The van der Waals surface area contributed by atoms with Crippen molar-refractivity contribution in [3.63, 3.8) is 0 Å². The molecule has 11 heavy (non-hydrogen) atoms. The van der Waals surface area contributed by atoms with Crippen molar-refractivity contribution in [2.75, 3.05) is 6.66 Å². The Balaban J connectivity index is 4.23. The molecule has 0 spiro atoms. The highest BCUT2D eigenvalue weighted by Crippen LogP contribution is 2.43. The summed E-state index contributed by atoms with van der Waals surface area (Å²) in [5.74, 6) is 4.78. The number of hydrogen-bond donors (Lipinski definition) is 2. The maximum atomic E-state index is 11.2. The smallest absolute Gasteiger partial charge is 0.319 e. The van der Waals surface area contributed by atoms with Crippen LogP contribution in [0.4, 0.5) is 4.79 Å². The van der Waals surface area contributed by atoms with E-state index in [2.05, 4.69) is 0 Å². The number of nitrogens with one attached hydrogen (secondary N) is 1. The first-order valence-electron chi connectivity index (χ1n) is 3.17. The molecule has 0 fully saturated rings. The lowest BCUT2D eigenvalue weighted by atomic mass is 10.5. The molecule has 6 heteroatoms. The number of carbonyl (C=O) groups is 1. The highest BCUT2D eigenvalue weighted by molar-refractivity contribution is 7.75. The summed E-state index contributed by atoms with van der Waals surface area (Å²) >= 11 is 0. The Morgan fingerprint density at radius 3 is 2.36 bits per heavy atom. The molecule has 0 saturated carbocycles. The summed E-state index contributed by atoms with van der Waals surface area (Å²) in [5.41, 5.74) is 1.03. The molecule has 0 aromatic carbocycles. The highest BCUT2D eigenvalue weighted by atomic mass is 31.2. The van der Waals surface area contributed by atoms with E-state index < -0.39 is 13.0 Å². The summed E-state index contributed by atoms with van der Waals surface area (Å²) in [4.78, 5) is 10.7. The Morgan fingerprint density at radius 2 is 2.09 bits per heavy atom. The van der Waals surface area contributed by atoms with Gasteiger partial charge in [-0.25, -0.2) is 5.84 Å². The van der Waals surface area contributed by atoms with Gasteiger partial charge in [0.25, 0.3) is 7.37 Å². The second-order valence-electron chi connectivity index (χ2n) is 2.45. The van der Waals surface area contributed by atoms with E-state index in [1.807, 2.05) is 0 Å². The van der Waals surface area contributed by atoms with Crippen LogP contribution in [0.25, 0.3) is 0 Å². The van der Waals surface area contributed by atoms with Gasteiger partial charge in [0.05, 0.1) is 6.10 Å². The first-order chi connectivity index (χ1) is 4.90. The van der Waals surface area contributed by atoms with Gasteiger partial charge in [-0.15, -0.1) is 0 Å². The van der Waals surface area contributed by atoms with Crippen LogP contribution in [0.3, 0.4) is 0 Å². The largest absolute Gasteiger partial charge is 0.319 e. The minimum atomic E-state index is -3.21. The first-order valence-corrected chi connectivity index (χ1v) is 5.24. The summed E-state index contributed by atoms with van der Waals surface area (Å²) in [5, 5.41) is 0. The fourth-order valence-electron chi connectivity index (χ4n) is 0.567. The molecule has 3 N–H and O–H groups in total. The van der Waals surface area contributed by atoms with Crippen LogP contribution in [0, 0.1) is 0 Å². The molecule has 1 unspecified atom stereocenters. The quantitative estimate of drug-likeness (QED) is 0.292. The molecule has 0 bridgehead atoms. The van der Waals surface area contributed by atoms with Crippen LogP contribution in [0.15, 0.2) is 0 Å². The lowest BCUT2D eigenvalue weighted by molar-refractivity contribution is 0.229. The van der Waals surface area contributed by atoms with Crippen LogP contribution in [0.1, 0.15) is 13.8 Å². The third-order valence-corrected chi connectivity index (χ3v) is 2.60. The number of nitrogens with two attached hydrogens (primary N) is 1. The maximum Gasteiger partial charge on any atom is 0.319 e. The Bertz CT molecular complexity index is 192. The van der Waals surface area contributed by atoms with E-state index in [9.17, 15) is 9.36 Å². The summed E-state index contributed by atoms with van der Waals surface area (Å²) in [6.07, 6.45) is -0.247. The first kappa shape index (κ1) is 10.6. The maximum absolute atomic E-state index is 11.2. The summed E-state index contributed by atoms with van der Waals surface area (Å²) < 4.78 is 16.1. The summed E-state index contributed by atoms with van der Waals surface area (Å²) in [7, 11) is -3.21. The third kappa shape index (κ3) is 3.51. The molecular weight excluding hydrogens is 167 g/mol. The van der Waals surface area contributed by atoms with Crippen LogP contribution >= 0.6 is 7.37 Å². The molecule has 0 rings (SSSR count). The van der Waals surface area contributed by atoms with Crippen LogP contribution in [-0.4, -0.2) is 18.4 Å². The zero-order chi connectivity index (χ0) is 9.07. The molecule has 0 heterocycles. The molecule has 0 saturated heterocycles. The summed E-state index contributed by atoms with van der Waals surface area (Å²) in [6.45, 7) is 4.62. The number of carbonyl (C=O) groups excluding carboxylic acids is 1. The van der Waals surface area contributed by atoms with Crippen molar-refractivity contribution in [1.29, 1.82) is 0 Å². The van der Waals surface area contributed by atoms with E-state index in [1.54, 1.807) is 19.3 Å². The highest BCUT2D eigenvalue weighted by Gasteiger charge is 2.26. The Kier molecular flexibility index (Phi) is 3.72. The van der Waals surface area contributed by atoms with Crippen molar-refractivity contribution in [1.82, 2.24) is 5.43 Å². The van der Waals surface area contributed by atoms with E-state index in [4.69, 9.17) is 10.4 Å². The molecule has 5 nitrogen and oxygen atoms in total. The van der Waals surface area contributed by atoms with Crippen LogP contribution in [-0.2, 0) is 9.09 Å². The minimum Gasteiger partial charge on any atom is -0.319 e. The lowest BCUT2D eigenvalue weighted by Gasteiger charge is -2.13. The van der Waals surface area contributed by atoms with Gasteiger partial charge in [0.1, 0.15) is 0 Å². The van der Waals surface area contributed by atoms with Gasteiger partial charge in [-0.1, -0.05) is 0 Å². The van der Waals surface area contributed by atoms with Gasteiger partial charge in [0.15, 0.2) is 0 Å². The molecule has 0 aromatic heterocycles. The molecule has 1 amide bonds. The monoisotopic (exact) mass is 180 g/mol. The second-order valence-corrected chi connectivity index (χ2v) is 4.76. The van der Waals surface area contributed by atoms with Crippen LogP contribution in [0.5, 0.6) is 0 Å². The van der Waals surface area contributed by atoms with Gasteiger partial charge in [0.2, 0.25) is 0 Å². The Labute approximate surface area is 65.7 Å². The van der Waals surface area contributed by atoms with Gasteiger partial charge in [-0.05, 0) is 13.8 Å². The van der Waals surface area contributed by atoms with Gasteiger partial charge < -0.3 is 4.52 Å². The van der Waals surface area contributed by atoms with E-state index >= 15 is 0 Å². The van der Waals surface area contributed by atoms with Crippen molar-refractivity contribution < 1.29 is 13.9 Å². The SMILES string of the molecule is CC(C)OP(C)(=O)C(=O)NN. The summed E-state index contributed by atoms with van der Waals surface area (Å²) in [6, 6.07) is 0. The third-order valence-electron chi connectivity index (χ3n) is 0.904. The Hall–Kier alpha value is -0.380. The van der Waals surface area contributed by atoms with Gasteiger partial charge in [-0.2, -0.15) is 0 Å².